The number of carbonyl (C=O) groups excluding carboxylic acids is 1. The van der Waals surface area contributed by atoms with Crippen LogP contribution in [0.2, 0.25) is 10.0 Å². The summed E-state index contributed by atoms with van der Waals surface area (Å²) >= 11 is 12.3. The van der Waals surface area contributed by atoms with Gasteiger partial charge in [0.15, 0.2) is 6.61 Å². The third-order valence-corrected chi connectivity index (χ3v) is 6.99. The second kappa shape index (κ2) is 12.3. The maximum absolute atomic E-state index is 12.4. The normalized spacial score (nSPS) is 14.0. The molecule has 5 rings (SSSR count). The molecular formula is C32H24Cl2N2O5. The molecule has 1 unspecified atom stereocenters. The van der Waals surface area contributed by atoms with Crippen LogP contribution in [0.1, 0.15) is 28.2 Å². The summed E-state index contributed by atoms with van der Waals surface area (Å²) < 4.78 is 22.7. The van der Waals surface area contributed by atoms with Crippen LogP contribution in [0, 0.1) is 18.3 Å². The monoisotopic (exact) mass is 586 g/mol. The summed E-state index contributed by atoms with van der Waals surface area (Å²) in [6.45, 7) is 1.93. The van der Waals surface area contributed by atoms with Crippen molar-refractivity contribution in [3.8, 4) is 29.1 Å². The largest absolute Gasteiger partial charge is 0.489 e. The number of nitrogens with two attached hydrogens (primary N) is 1. The van der Waals surface area contributed by atoms with Crippen molar-refractivity contribution < 1.29 is 23.7 Å². The van der Waals surface area contributed by atoms with E-state index in [1.54, 1.807) is 48.5 Å². The molecule has 41 heavy (non-hydrogen) atoms. The molecule has 1 heterocycles. The van der Waals surface area contributed by atoms with Gasteiger partial charge in [-0.15, -0.1) is 0 Å². The van der Waals surface area contributed by atoms with Crippen LogP contribution in [0.3, 0.4) is 0 Å². The van der Waals surface area contributed by atoms with Crippen molar-refractivity contribution in [2.75, 3.05) is 6.61 Å². The molecule has 4 aromatic rings. The standard InChI is InChI=1S/C32H24Cl2N2O5/c1-19-5-9-23(10-6-19)39-18-30(37)40-25-11-12-26-29(15-25)41-32(36)27(16-35)31(26)20-3-2-4-24(13-20)38-17-21-7-8-22(33)14-28(21)34/h2-15,31H,17-18,36H2,1H3. The van der Waals surface area contributed by atoms with Crippen LogP contribution in [0.25, 0.3) is 0 Å². The second-order valence-electron chi connectivity index (χ2n) is 9.30. The number of halogens is 2. The average molecular weight is 587 g/mol. The van der Waals surface area contributed by atoms with Crippen LogP contribution in [-0.2, 0) is 11.4 Å². The summed E-state index contributed by atoms with van der Waals surface area (Å²) in [5.41, 5.74) is 9.74. The smallest absolute Gasteiger partial charge is 0.349 e. The van der Waals surface area contributed by atoms with Crippen molar-refractivity contribution in [2.45, 2.75) is 19.4 Å². The summed E-state index contributed by atoms with van der Waals surface area (Å²) in [5.74, 6) is 0.632. The first-order valence-electron chi connectivity index (χ1n) is 12.6. The Morgan fingerprint density at radius 1 is 0.951 bits per heavy atom. The van der Waals surface area contributed by atoms with Gasteiger partial charge in [0, 0.05) is 27.2 Å². The van der Waals surface area contributed by atoms with Crippen LogP contribution in [0.4, 0.5) is 0 Å². The first kappa shape index (κ1) is 27.9. The molecule has 7 nitrogen and oxygen atoms in total. The highest BCUT2D eigenvalue weighted by Crippen LogP contribution is 2.44. The van der Waals surface area contributed by atoms with Crippen LogP contribution >= 0.6 is 23.2 Å². The Kier molecular flexibility index (Phi) is 8.34. The molecule has 0 saturated carbocycles. The highest BCUT2D eigenvalue weighted by atomic mass is 35.5. The van der Waals surface area contributed by atoms with E-state index in [2.05, 4.69) is 6.07 Å². The SMILES string of the molecule is Cc1ccc(OCC(=O)Oc2ccc3c(c2)OC(N)=C(C#N)C3c2cccc(OCc3ccc(Cl)cc3Cl)c2)cc1. The predicted molar refractivity (Wildman–Crippen MR) is 155 cm³/mol. The number of carbonyl (C=O) groups is 1. The maximum atomic E-state index is 12.4. The molecule has 2 N–H and O–H groups in total. The summed E-state index contributed by atoms with van der Waals surface area (Å²) in [6, 6.07) is 27.0. The molecule has 0 fully saturated rings. The molecule has 4 aromatic carbocycles. The number of hydrogen-bond acceptors (Lipinski definition) is 7. The number of aryl methyl sites for hydroxylation is 1. The summed E-state index contributed by atoms with van der Waals surface area (Å²) in [5, 5.41) is 11.0. The third kappa shape index (κ3) is 6.58. The minimum Gasteiger partial charge on any atom is -0.489 e. The Morgan fingerprint density at radius 2 is 1.73 bits per heavy atom. The van der Waals surface area contributed by atoms with E-state index in [1.165, 1.54) is 0 Å². The number of nitrogens with zero attached hydrogens (tertiary/aromatic N) is 1. The summed E-state index contributed by atoms with van der Waals surface area (Å²) in [7, 11) is 0. The number of ether oxygens (including phenoxy) is 4. The third-order valence-electron chi connectivity index (χ3n) is 6.40. The lowest BCUT2D eigenvalue weighted by Crippen LogP contribution is -2.21. The van der Waals surface area contributed by atoms with Gasteiger partial charge < -0.3 is 24.7 Å². The number of esters is 1. The molecule has 1 aliphatic heterocycles. The van der Waals surface area contributed by atoms with E-state index in [0.717, 1.165) is 16.7 Å². The molecule has 0 radical (unpaired) electrons. The van der Waals surface area contributed by atoms with Gasteiger partial charge in [0.2, 0.25) is 5.88 Å². The molecule has 0 saturated heterocycles. The molecule has 1 atom stereocenters. The number of rotatable bonds is 8. The van der Waals surface area contributed by atoms with Crippen molar-refractivity contribution in [1.82, 2.24) is 0 Å². The number of nitriles is 1. The van der Waals surface area contributed by atoms with E-state index < -0.39 is 11.9 Å². The van der Waals surface area contributed by atoms with Gasteiger partial charge in [-0.05, 0) is 55.0 Å². The highest BCUT2D eigenvalue weighted by Gasteiger charge is 2.31. The van der Waals surface area contributed by atoms with Gasteiger partial charge in [0.05, 0.1) is 5.92 Å². The van der Waals surface area contributed by atoms with Crippen molar-refractivity contribution in [3.63, 3.8) is 0 Å². The number of allylic oxidation sites excluding steroid dienone is 1. The van der Waals surface area contributed by atoms with E-state index in [9.17, 15) is 10.1 Å². The zero-order valence-corrected chi connectivity index (χ0v) is 23.4. The van der Waals surface area contributed by atoms with Gasteiger partial charge in [0.1, 0.15) is 41.2 Å². The molecular weight excluding hydrogens is 563 g/mol. The van der Waals surface area contributed by atoms with Gasteiger partial charge in [-0.25, -0.2) is 4.79 Å². The Balaban J connectivity index is 1.34. The van der Waals surface area contributed by atoms with Crippen LogP contribution in [-0.4, -0.2) is 12.6 Å². The number of hydrogen-bond donors (Lipinski definition) is 1. The molecule has 0 bridgehead atoms. The highest BCUT2D eigenvalue weighted by molar-refractivity contribution is 6.35. The molecule has 0 aromatic heterocycles. The Labute approximate surface area is 247 Å². The van der Waals surface area contributed by atoms with Crippen LogP contribution in [0.15, 0.2) is 96.4 Å². The summed E-state index contributed by atoms with van der Waals surface area (Å²) in [4.78, 5) is 12.4. The second-order valence-corrected chi connectivity index (χ2v) is 10.1. The van der Waals surface area contributed by atoms with Gasteiger partial charge in [-0.1, -0.05) is 65.2 Å². The first-order valence-corrected chi connectivity index (χ1v) is 13.3. The Morgan fingerprint density at radius 3 is 2.49 bits per heavy atom. The maximum Gasteiger partial charge on any atom is 0.349 e. The fourth-order valence-corrected chi connectivity index (χ4v) is 4.83. The van der Waals surface area contributed by atoms with Gasteiger partial charge in [-0.2, -0.15) is 5.26 Å². The number of benzene rings is 4. The van der Waals surface area contributed by atoms with E-state index in [-0.39, 0.29) is 30.4 Å². The van der Waals surface area contributed by atoms with Crippen LogP contribution in [0.5, 0.6) is 23.0 Å². The minimum atomic E-state index is -0.579. The Hall–Kier alpha value is -4.64. The lowest BCUT2D eigenvalue weighted by Gasteiger charge is -2.27. The molecule has 1 aliphatic rings. The van der Waals surface area contributed by atoms with E-state index in [4.69, 9.17) is 47.9 Å². The molecule has 0 spiro atoms. The predicted octanol–water partition coefficient (Wildman–Crippen LogP) is 7.08. The van der Waals surface area contributed by atoms with Gasteiger partial charge >= 0.3 is 5.97 Å². The van der Waals surface area contributed by atoms with Crippen molar-refractivity contribution in [1.29, 1.82) is 5.26 Å². The molecule has 9 heteroatoms. The average Bonchev–Trinajstić information content (AvgIpc) is 2.96. The lowest BCUT2D eigenvalue weighted by molar-refractivity contribution is -0.136. The molecule has 0 amide bonds. The Bertz CT molecular complexity index is 1680. The van der Waals surface area contributed by atoms with E-state index in [1.807, 2.05) is 43.3 Å². The quantitative estimate of drug-likeness (QED) is 0.174. The van der Waals surface area contributed by atoms with Crippen LogP contribution < -0.4 is 24.7 Å². The molecule has 0 aliphatic carbocycles. The topological polar surface area (TPSA) is 104 Å². The van der Waals surface area contributed by atoms with Gasteiger partial charge in [-0.3, -0.25) is 0 Å². The first-order chi connectivity index (χ1) is 19.8. The van der Waals surface area contributed by atoms with Gasteiger partial charge in [0.25, 0.3) is 0 Å². The zero-order chi connectivity index (χ0) is 28.9. The zero-order valence-electron chi connectivity index (χ0n) is 21.9. The fraction of sp³-hybridized carbons (Fsp3) is 0.125. The number of fused-ring (bicyclic) bond motifs is 1. The van der Waals surface area contributed by atoms with Crippen molar-refractivity contribution >= 4 is 29.2 Å². The fourth-order valence-electron chi connectivity index (χ4n) is 4.36. The van der Waals surface area contributed by atoms with E-state index in [0.29, 0.717) is 32.9 Å². The molecule has 206 valence electrons. The summed E-state index contributed by atoms with van der Waals surface area (Å²) in [6.07, 6.45) is 0. The van der Waals surface area contributed by atoms with Crippen molar-refractivity contribution in [3.05, 3.63) is 129 Å². The van der Waals surface area contributed by atoms with Crippen molar-refractivity contribution in [2.24, 2.45) is 5.73 Å². The lowest BCUT2D eigenvalue weighted by atomic mass is 9.83. The minimum absolute atomic E-state index is 0.0320. The van der Waals surface area contributed by atoms with E-state index >= 15 is 0 Å².